The van der Waals surface area contributed by atoms with Gasteiger partial charge >= 0.3 is 11.4 Å². The summed E-state index contributed by atoms with van der Waals surface area (Å²) in [6, 6.07) is 27.1. The van der Waals surface area contributed by atoms with Crippen LogP contribution in [-0.2, 0) is 31.2 Å². The normalized spacial score (nSPS) is 23.0. The molecule has 342 valence electrons. The molecule has 0 bridgehead atoms. The Labute approximate surface area is 392 Å². The lowest BCUT2D eigenvalue weighted by Gasteiger charge is -2.50. The van der Waals surface area contributed by atoms with Gasteiger partial charge in [0.25, 0.3) is 11.8 Å². The molecule has 17 nitrogen and oxygen atoms in total. The van der Waals surface area contributed by atoms with Crippen molar-refractivity contribution in [3.05, 3.63) is 162 Å². The van der Waals surface area contributed by atoms with Gasteiger partial charge in [0.1, 0.15) is 23.9 Å². The molecule has 3 fully saturated rings. The second kappa shape index (κ2) is 17.1. The highest BCUT2D eigenvalue weighted by atomic mass is 35.5. The van der Waals surface area contributed by atoms with Crippen LogP contribution in [0.1, 0.15) is 35.4 Å². The molecule has 0 radical (unpaired) electrons. The molecule has 2 N–H and O–H groups in total. The minimum absolute atomic E-state index is 0.0546. The molecule has 0 spiro atoms. The zero-order valence-corrected chi connectivity index (χ0v) is 37.4. The lowest BCUT2D eigenvalue weighted by atomic mass is 9.49. The molecule has 2 saturated heterocycles. The van der Waals surface area contributed by atoms with Gasteiger partial charge < -0.3 is 19.5 Å². The number of nitrogens with zero attached hydrogens (tertiary/aromatic N) is 5. The Bertz CT molecular complexity index is 2910. The van der Waals surface area contributed by atoms with Crippen molar-refractivity contribution in [2.45, 2.75) is 30.8 Å². The van der Waals surface area contributed by atoms with Gasteiger partial charge in [0.05, 0.1) is 56.5 Å². The fraction of sp³-hybridized carbons (Fsp3) is 0.250. The van der Waals surface area contributed by atoms with Crippen molar-refractivity contribution in [1.29, 1.82) is 0 Å². The van der Waals surface area contributed by atoms with Crippen LogP contribution in [-0.4, -0.2) is 64.8 Å². The fourth-order valence-electron chi connectivity index (χ4n) is 10.5. The first-order valence-electron chi connectivity index (χ1n) is 21.0. The second-order valence-electron chi connectivity index (χ2n) is 17.0. The number of imide groups is 2. The summed E-state index contributed by atoms with van der Waals surface area (Å²) in [5, 5.41) is 38.2. The van der Waals surface area contributed by atoms with Gasteiger partial charge in [-0.3, -0.25) is 44.8 Å². The van der Waals surface area contributed by atoms with Gasteiger partial charge in [-0.25, -0.2) is 4.90 Å². The number of methoxy groups -OCH3 is 1. The van der Waals surface area contributed by atoms with E-state index in [1.165, 1.54) is 50.4 Å². The monoisotopic (exact) mass is 946 g/mol. The largest absolute Gasteiger partial charge is 0.508 e. The average molecular weight is 948 g/mol. The smallest absolute Gasteiger partial charge is 0.301 e. The van der Waals surface area contributed by atoms with E-state index in [9.17, 15) is 30.1 Å². The molecule has 2 aliphatic heterocycles. The van der Waals surface area contributed by atoms with E-state index in [1.807, 2.05) is 30.3 Å². The van der Waals surface area contributed by atoms with E-state index in [2.05, 4.69) is 5.43 Å². The predicted octanol–water partition coefficient (Wildman–Crippen LogP) is 8.36. The highest BCUT2D eigenvalue weighted by molar-refractivity contribution is 6.36. The van der Waals surface area contributed by atoms with Crippen LogP contribution < -0.4 is 24.7 Å². The van der Waals surface area contributed by atoms with Crippen LogP contribution in [0.2, 0.25) is 10.0 Å². The number of amides is 4. The zero-order chi connectivity index (χ0) is 47.6. The van der Waals surface area contributed by atoms with Crippen molar-refractivity contribution >= 4 is 75.3 Å². The molecule has 2 aliphatic carbocycles. The number of hydrogen-bond donors (Lipinski definition) is 2. The van der Waals surface area contributed by atoms with Crippen molar-refractivity contribution in [2.24, 2.45) is 23.7 Å². The summed E-state index contributed by atoms with van der Waals surface area (Å²) in [6.45, 7) is 0.176. The maximum Gasteiger partial charge on any atom is 0.301 e. The Morgan fingerprint density at radius 3 is 2.12 bits per heavy atom. The SMILES string of the molecule is COc1ccc([C@@]23C(=O)N(Nc4ccc(Cl)cc4Cl)C(=O)[C@@H]2C[C@@H]2C(=CC[C@@H]4C(=O)N(c5cc([N+](=O)[O-])c(N(C)C)c([N+](=O)[O-])c5)C(=O)[C@@H]42)[C@@H]3c2ccc(OCc3ccccc3)cc2O)cc1. The number of nitro groups is 2. The number of anilines is 3. The number of hydrogen-bond acceptors (Lipinski definition) is 13. The second-order valence-corrected chi connectivity index (χ2v) is 17.8. The summed E-state index contributed by atoms with van der Waals surface area (Å²) in [6.07, 6.45) is 1.55. The number of allylic oxidation sites excluding steroid dienone is 2. The van der Waals surface area contributed by atoms with E-state index in [0.29, 0.717) is 27.7 Å². The van der Waals surface area contributed by atoms with Crippen molar-refractivity contribution in [1.82, 2.24) is 5.01 Å². The van der Waals surface area contributed by atoms with E-state index in [-0.39, 0.29) is 52.8 Å². The Morgan fingerprint density at radius 1 is 0.836 bits per heavy atom. The molecule has 19 heteroatoms. The van der Waals surface area contributed by atoms with E-state index < -0.39 is 79.9 Å². The number of rotatable bonds is 12. The molecule has 2 heterocycles. The lowest BCUT2D eigenvalue weighted by molar-refractivity contribution is -0.392. The Morgan fingerprint density at radius 2 is 1.51 bits per heavy atom. The summed E-state index contributed by atoms with van der Waals surface area (Å²) < 4.78 is 11.5. The molecule has 4 amide bonds. The van der Waals surface area contributed by atoms with Gasteiger partial charge in [0.2, 0.25) is 11.8 Å². The molecule has 0 unspecified atom stereocenters. The van der Waals surface area contributed by atoms with Gasteiger partial charge in [-0.05, 0) is 66.3 Å². The number of hydrazine groups is 1. The molecule has 5 aromatic carbocycles. The number of carbonyl (C=O) groups is 4. The number of benzene rings is 5. The molecule has 1 saturated carbocycles. The third kappa shape index (κ3) is 7.25. The van der Waals surface area contributed by atoms with Gasteiger partial charge in [0, 0.05) is 48.8 Å². The number of phenolic OH excluding ortho intramolecular Hbond substituents is 1. The predicted molar refractivity (Wildman–Crippen MR) is 246 cm³/mol. The van der Waals surface area contributed by atoms with Crippen molar-refractivity contribution in [2.75, 3.05) is 36.4 Å². The number of nitro benzene ring substituents is 2. The van der Waals surface area contributed by atoms with Crippen molar-refractivity contribution in [3.63, 3.8) is 0 Å². The van der Waals surface area contributed by atoms with Crippen LogP contribution in [0.4, 0.5) is 28.4 Å². The van der Waals surface area contributed by atoms with Crippen LogP contribution in [0.25, 0.3) is 0 Å². The zero-order valence-electron chi connectivity index (χ0n) is 35.9. The van der Waals surface area contributed by atoms with Gasteiger partial charge in [-0.1, -0.05) is 83.4 Å². The fourth-order valence-corrected chi connectivity index (χ4v) is 10.9. The summed E-state index contributed by atoms with van der Waals surface area (Å²) in [4.78, 5) is 85.5. The first-order valence-corrected chi connectivity index (χ1v) is 21.8. The number of carbonyl (C=O) groups excluding carboxylic acids is 4. The van der Waals surface area contributed by atoms with E-state index in [0.717, 1.165) is 27.6 Å². The highest BCUT2D eigenvalue weighted by Gasteiger charge is 2.71. The number of aromatic hydroxyl groups is 1. The number of halogens is 2. The van der Waals surface area contributed by atoms with Gasteiger partial charge in [-0.15, -0.1) is 0 Å². The van der Waals surface area contributed by atoms with E-state index >= 15 is 14.4 Å². The van der Waals surface area contributed by atoms with Crippen molar-refractivity contribution in [3.8, 4) is 17.2 Å². The van der Waals surface area contributed by atoms with Crippen LogP contribution in [0.3, 0.4) is 0 Å². The van der Waals surface area contributed by atoms with E-state index in [4.69, 9.17) is 32.7 Å². The van der Waals surface area contributed by atoms with Crippen LogP contribution >= 0.6 is 23.2 Å². The van der Waals surface area contributed by atoms with E-state index in [1.54, 1.807) is 42.5 Å². The molecule has 4 aliphatic rings. The number of fused-ring (bicyclic) bond motifs is 4. The number of phenols is 1. The topological polar surface area (TPSA) is 215 Å². The highest BCUT2D eigenvalue weighted by Crippen LogP contribution is 2.65. The maximum absolute atomic E-state index is 15.7. The van der Waals surface area contributed by atoms with Crippen LogP contribution in [0.15, 0.2) is 115 Å². The number of ether oxygens (including phenoxy) is 2. The van der Waals surface area contributed by atoms with Crippen LogP contribution in [0.5, 0.6) is 17.2 Å². The molecular weight excluding hydrogens is 907 g/mol. The molecule has 9 rings (SSSR count). The van der Waals surface area contributed by atoms with Crippen LogP contribution in [0, 0.1) is 43.9 Å². The minimum atomic E-state index is -1.82. The lowest BCUT2D eigenvalue weighted by Crippen LogP contribution is -2.53. The molecule has 5 aromatic rings. The Kier molecular flexibility index (Phi) is 11.4. The summed E-state index contributed by atoms with van der Waals surface area (Å²) in [5.41, 5.74) is 1.17. The van der Waals surface area contributed by atoms with Gasteiger partial charge in [0.15, 0.2) is 5.69 Å². The third-order valence-electron chi connectivity index (χ3n) is 13.3. The Hall–Kier alpha value is -7.50. The quantitative estimate of drug-likeness (QED) is 0.0521. The minimum Gasteiger partial charge on any atom is -0.508 e. The van der Waals surface area contributed by atoms with Gasteiger partial charge in [-0.2, -0.15) is 5.01 Å². The first kappa shape index (κ1) is 44.7. The molecule has 0 aromatic heterocycles. The number of nitrogens with one attached hydrogen (secondary N) is 1. The van der Waals surface area contributed by atoms with Crippen molar-refractivity contribution < 1.29 is 43.6 Å². The third-order valence-corrected chi connectivity index (χ3v) is 13.8. The maximum atomic E-state index is 15.7. The molecule has 67 heavy (non-hydrogen) atoms. The standard InChI is InChI=1S/C48H40Cl2N6O11/c1-52(2)43-38(55(62)63)20-28(21-39(43)56(64)65)53-44(58)33-17-16-31-34(41(33)46(53)60)23-35-45(59)54(51-37-18-11-27(49)19-36(37)50)47(61)48(35,26-9-12-29(66-3)13-10-26)42(31)32-15-14-30(22-40(32)57)67-24-25-7-5-4-6-8-25/h4-16,18-22,33-35,41-42,51,57H,17,23-24H2,1-3H3/t33-,34+,35-,41-,42+,48+/m0/s1. The Balaban J connectivity index is 1.21. The molecular formula is C48H40Cl2N6O11. The summed E-state index contributed by atoms with van der Waals surface area (Å²) in [5.74, 6) is -8.07. The average Bonchev–Trinajstić information content (AvgIpc) is 3.69. The summed E-state index contributed by atoms with van der Waals surface area (Å²) in [7, 11) is 4.27. The molecule has 6 atom stereocenters. The summed E-state index contributed by atoms with van der Waals surface area (Å²) >= 11 is 12.8. The first-order chi connectivity index (χ1) is 32.1.